The molecule has 16 heavy (non-hydrogen) atoms. The fourth-order valence-electron chi connectivity index (χ4n) is 2.01. The minimum atomic E-state index is -0.114. The Morgan fingerprint density at radius 3 is 2.69 bits per heavy atom. The molecular formula is C13H25NO2. The molecule has 0 saturated heterocycles. The van der Waals surface area contributed by atoms with Gasteiger partial charge in [0.2, 0.25) is 0 Å². The topological polar surface area (TPSA) is 38.3 Å². The third-order valence-electron chi connectivity index (χ3n) is 3.45. The van der Waals surface area contributed by atoms with E-state index < -0.39 is 0 Å². The van der Waals surface area contributed by atoms with Crippen LogP contribution in [0.1, 0.15) is 46.0 Å². The van der Waals surface area contributed by atoms with Crippen molar-refractivity contribution in [1.82, 2.24) is 5.32 Å². The largest absolute Gasteiger partial charge is 0.468 e. The van der Waals surface area contributed by atoms with Crippen molar-refractivity contribution in [3.8, 4) is 0 Å². The summed E-state index contributed by atoms with van der Waals surface area (Å²) in [6.45, 7) is 5.34. The molecule has 0 bridgehead atoms. The molecule has 0 aromatic rings. The zero-order valence-corrected chi connectivity index (χ0v) is 10.8. The van der Waals surface area contributed by atoms with Gasteiger partial charge in [0.1, 0.15) is 6.04 Å². The fourth-order valence-corrected chi connectivity index (χ4v) is 2.01. The van der Waals surface area contributed by atoms with Gasteiger partial charge in [0.15, 0.2) is 0 Å². The van der Waals surface area contributed by atoms with Crippen molar-refractivity contribution in [1.29, 1.82) is 0 Å². The lowest BCUT2D eigenvalue weighted by Gasteiger charge is -2.19. The van der Waals surface area contributed by atoms with E-state index in [4.69, 9.17) is 4.74 Å². The van der Waals surface area contributed by atoms with Crippen molar-refractivity contribution in [2.24, 2.45) is 11.8 Å². The summed E-state index contributed by atoms with van der Waals surface area (Å²) in [6, 6.07) is -0.105. The Hall–Kier alpha value is -0.570. The van der Waals surface area contributed by atoms with Gasteiger partial charge in [0, 0.05) is 0 Å². The van der Waals surface area contributed by atoms with E-state index in [1.807, 2.05) is 0 Å². The highest BCUT2D eigenvalue weighted by molar-refractivity contribution is 5.75. The van der Waals surface area contributed by atoms with Crippen LogP contribution in [0.5, 0.6) is 0 Å². The number of hydrogen-bond acceptors (Lipinski definition) is 3. The molecule has 1 N–H and O–H groups in total. The lowest BCUT2D eigenvalue weighted by atomic mass is 10.0. The second-order valence-electron chi connectivity index (χ2n) is 4.94. The SMILES string of the molecule is CCCCC(NCC(C)C1CC1)C(=O)OC. The summed E-state index contributed by atoms with van der Waals surface area (Å²) in [5, 5.41) is 3.35. The molecule has 94 valence electrons. The van der Waals surface area contributed by atoms with Crippen molar-refractivity contribution in [3.63, 3.8) is 0 Å². The number of hydrogen-bond donors (Lipinski definition) is 1. The minimum absolute atomic E-state index is 0.105. The van der Waals surface area contributed by atoms with Gasteiger partial charge in [-0.15, -0.1) is 0 Å². The zero-order valence-electron chi connectivity index (χ0n) is 10.8. The van der Waals surface area contributed by atoms with Crippen molar-refractivity contribution in [2.75, 3.05) is 13.7 Å². The van der Waals surface area contributed by atoms with Crippen molar-refractivity contribution >= 4 is 5.97 Å². The second-order valence-corrected chi connectivity index (χ2v) is 4.94. The number of carbonyl (C=O) groups excluding carboxylic acids is 1. The molecule has 2 atom stereocenters. The Morgan fingerprint density at radius 2 is 2.19 bits per heavy atom. The van der Waals surface area contributed by atoms with Gasteiger partial charge in [-0.05, 0) is 37.6 Å². The van der Waals surface area contributed by atoms with E-state index in [1.165, 1.54) is 20.0 Å². The van der Waals surface area contributed by atoms with Crippen LogP contribution in [-0.4, -0.2) is 25.7 Å². The number of methoxy groups -OCH3 is 1. The highest BCUT2D eigenvalue weighted by Gasteiger charge is 2.28. The maximum atomic E-state index is 11.5. The monoisotopic (exact) mass is 227 g/mol. The van der Waals surface area contributed by atoms with Gasteiger partial charge in [-0.3, -0.25) is 4.79 Å². The maximum Gasteiger partial charge on any atom is 0.322 e. The number of ether oxygens (including phenoxy) is 1. The standard InChI is InChI=1S/C13H25NO2/c1-4-5-6-12(13(15)16-3)14-9-10(2)11-7-8-11/h10-12,14H,4-9H2,1-3H3. The summed E-state index contributed by atoms with van der Waals surface area (Å²) in [6.07, 6.45) is 5.81. The molecule has 1 aliphatic carbocycles. The van der Waals surface area contributed by atoms with Crippen LogP contribution in [0.4, 0.5) is 0 Å². The molecular weight excluding hydrogens is 202 g/mol. The molecule has 0 aromatic carbocycles. The maximum absolute atomic E-state index is 11.5. The third-order valence-corrected chi connectivity index (χ3v) is 3.45. The molecule has 0 aromatic heterocycles. The van der Waals surface area contributed by atoms with E-state index in [0.717, 1.165) is 31.7 Å². The highest BCUT2D eigenvalue weighted by Crippen LogP contribution is 2.36. The molecule has 2 unspecified atom stereocenters. The molecule has 1 saturated carbocycles. The van der Waals surface area contributed by atoms with Gasteiger partial charge in [-0.2, -0.15) is 0 Å². The van der Waals surface area contributed by atoms with Crippen molar-refractivity contribution in [2.45, 2.75) is 52.0 Å². The summed E-state index contributed by atoms with van der Waals surface area (Å²) >= 11 is 0. The molecule has 0 amide bonds. The predicted octanol–water partition coefficient (Wildman–Crippen LogP) is 2.35. The average Bonchev–Trinajstić information content (AvgIpc) is 3.11. The number of esters is 1. The lowest BCUT2D eigenvalue weighted by molar-refractivity contribution is -0.143. The first-order valence-electron chi connectivity index (χ1n) is 6.50. The van der Waals surface area contributed by atoms with Gasteiger partial charge in [0.05, 0.1) is 7.11 Å². The predicted molar refractivity (Wildman–Crippen MR) is 65.2 cm³/mol. The molecule has 1 fully saturated rings. The Balaban J connectivity index is 2.27. The van der Waals surface area contributed by atoms with Crippen LogP contribution in [0.15, 0.2) is 0 Å². The van der Waals surface area contributed by atoms with Crippen LogP contribution in [0.3, 0.4) is 0 Å². The van der Waals surface area contributed by atoms with E-state index in [-0.39, 0.29) is 12.0 Å². The Labute approximate surface area is 98.9 Å². The fraction of sp³-hybridized carbons (Fsp3) is 0.923. The molecule has 0 aliphatic heterocycles. The van der Waals surface area contributed by atoms with Crippen molar-refractivity contribution < 1.29 is 9.53 Å². The van der Waals surface area contributed by atoms with Gasteiger partial charge in [0.25, 0.3) is 0 Å². The molecule has 0 spiro atoms. The van der Waals surface area contributed by atoms with E-state index in [9.17, 15) is 4.79 Å². The third kappa shape index (κ3) is 4.52. The van der Waals surface area contributed by atoms with Crippen LogP contribution >= 0.6 is 0 Å². The second kappa shape index (κ2) is 6.89. The number of nitrogens with one attached hydrogen (secondary N) is 1. The van der Waals surface area contributed by atoms with Gasteiger partial charge in [-0.1, -0.05) is 26.7 Å². The number of unbranched alkanes of at least 4 members (excludes halogenated alkanes) is 1. The Bertz CT molecular complexity index is 214. The van der Waals surface area contributed by atoms with Crippen molar-refractivity contribution in [3.05, 3.63) is 0 Å². The first-order valence-corrected chi connectivity index (χ1v) is 6.50. The number of carbonyl (C=O) groups is 1. The summed E-state index contributed by atoms with van der Waals surface area (Å²) in [7, 11) is 1.47. The van der Waals surface area contributed by atoms with E-state index in [1.54, 1.807) is 0 Å². The minimum Gasteiger partial charge on any atom is -0.468 e. The van der Waals surface area contributed by atoms with E-state index in [2.05, 4.69) is 19.2 Å². The average molecular weight is 227 g/mol. The summed E-state index contributed by atoms with van der Waals surface area (Å²) in [5.41, 5.74) is 0. The van der Waals surface area contributed by atoms with Crippen LogP contribution < -0.4 is 5.32 Å². The summed E-state index contributed by atoms with van der Waals surface area (Å²) < 4.78 is 4.82. The normalized spacial score (nSPS) is 19.2. The molecule has 3 heteroatoms. The Kier molecular flexibility index (Phi) is 5.81. The first-order chi connectivity index (χ1) is 7.69. The highest BCUT2D eigenvalue weighted by atomic mass is 16.5. The smallest absolute Gasteiger partial charge is 0.322 e. The Morgan fingerprint density at radius 1 is 1.50 bits per heavy atom. The van der Waals surface area contributed by atoms with Crippen LogP contribution in [-0.2, 0) is 9.53 Å². The summed E-state index contributed by atoms with van der Waals surface area (Å²) in [5.74, 6) is 1.46. The van der Waals surface area contributed by atoms with Crippen LogP contribution in [0.25, 0.3) is 0 Å². The molecule has 0 radical (unpaired) electrons. The summed E-state index contributed by atoms with van der Waals surface area (Å²) in [4.78, 5) is 11.5. The van der Waals surface area contributed by atoms with E-state index >= 15 is 0 Å². The van der Waals surface area contributed by atoms with Crippen LogP contribution in [0.2, 0.25) is 0 Å². The first kappa shape index (κ1) is 13.5. The van der Waals surface area contributed by atoms with Gasteiger partial charge < -0.3 is 10.1 Å². The van der Waals surface area contributed by atoms with Gasteiger partial charge in [-0.25, -0.2) is 0 Å². The molecule has 0 heterocycles. The molecule has 1 rings (SSSR count). The van der Waals surface area contributed by atoms with Crippen LogP contribution in [0, 0.1) is 11.8 Å². The lowest BCUT2D eigenvalue weighted by Crippen LogP contribution is -2.40. The van der Waals surface area contributed by atoms with E-state index in [0.29, 0.717) is 5.92 Å². The quantitative estimate of drug-likeness (QED) is 0.647. The molecule has 1 aliphatic rings. The van der Waals surface area contributed by atoms with Gasteiger partial charge >= 0.3 is 5.97 Å². The zero-order chi connectivity index (χ0) is 12.0. The molecule has 3 nitrogen and oxygen atoms in total. The number of rotatable bonds is 8.